The van der Waals surface area contributed by atoms with Gasteiger partial charge in [-0.2, -0.15) is 0 Å². The highest BCUT2D eigenvalue weighted by Gasteiger charge is 2.24. The Balaban J connectivity index is 1.87. The summed E-state index contributed by atoms with van der Waals surface area (Å²) in [7, 11) is 0. The van der Waals surface area contributed by atoms with Crippen LogP contribution in [0, 0.1) is 0 Å². The van der Waals surface area contributed by atoms with E-state index in [4.69, 9.17) is 15.2 Å². The summed E-state index contributed by atoms with van der Waals surface area (Å²) in [6.07, 6.45) is 4.54. The fourth-order valence-corrected chi connectivity index (χ4v) is 3.48. The van der Waals surface area contributed by atoms with Crippen molar-refractivity contribution < 1.29 is 9.47 Å². The van der Waals surface area contributed by atoms with Gasteiger partial charge in [0.1, 0.15) is 12.1 Å². The van der Waals surface area contributed by atoms with Crippen LogP contribution in [0.15, 0.2) is 24.5 Å². The van der Waals surface area contributed by atoms with E-state index in [1.54, 1.807) is 0 Å². The number of hydrogen-bond acceptors (Lipinski definition) is 6. The molecule has 0 radical (unpaired) electrons. The molecule has 1 aromatic carbocycles. The average molecular weight is 306 g/mol. The van der Waals surface area contributed by atoms with E-state index >= 15 is 0 Å². The Labute approximate surface area is 132 Å². The van der Waals surface area contributed by atoms with Crippen LogP contribution in [-0.2, 0) is 12.8 Å². The highest BCUT2D eigenvalue weighted by Crippen LogP contribution is 2.42. The molecule has 6 nitrogen and oxygen atoms in total. The van der Waals surface area contributed by atoms with Gasteiger partial charge in [0.25, 0.3) is 0 Å². The van der Waals surface area contributed by atoms with E-state index < -0.39 is 0 Å². The third-order valence-corrected chi connectivity index (χ3v) is 4.50. The minimum atomic E-state index is 0.263. The summed E-state index contributed by atoms with van der Waals surface area (Å²) in [4.78, 5) is 13.2. The van der Waals surface area contributed by atoms with Gasteiger partial charge in [-0.3, -0.25) is 0 Å². The maximum absolute atomic E-state index is 6.15. The molecule has 0 atom stereocenters. The molecule has 23 heavy (non-hydrogen) atoms. The molecule has 3 heterocycles. The summed E-state index contributed by atoms with van der Waals surface area (Å²) in [6.45, 7) is 0.263. The molecule has 114 valence electrons. The summed E-state index contributed by atoms with van der Waals surface area (Å²) >= 11 is 0. The molecule has 0 saturated carbocycles. The quantitative estimate of drug-likeness (QED) is 0.743. The van der Waals surface area contributed by atoms with Crippen LogP contribution in [-0.4, -0.2) is 21.7 Å². The molecule has 2 aromatic heterocycles. The van der Waals surface area contributed by atoms with Crippen LogP contribution in [0.4, 0.5) is 5.82 Å². The highest BCUT2D eigenvalue weighted by atomic mass is 16.7. The second-order valence-corrected chi connectivity index (χ2v) is 5.79. The van der Waals surface area contributed by atoms with Crippen LogP contribution in [0.3, 0.4) is 0 Å². The standard InChI is InChI=1S/C17H14N4O2/c18-16-15-14(9-4-5-12-13(6-9)23-8-22-12)10-2-1-3-11(10)21-17(15)20-7-19-16/h4-7H,1-3,8H2,(H2,18,19,20,21). The van der Waals surface area contributed by atoms with Crippen LogP contribution in [0.5, 0.6) is 11.5 Å². The van der Waals surface area contributed by atoms with Gasteiger partial charge in [-0.05, 0) is 42.5 Å². The van der Waals surface area contributed by atoms with Gasteiger partial charge in [0.15, 0.2) is 17.1 Å². The van der Waals surface area contributed by atoms with E-state index in [2.05, 4.69) is 15.0 Å². The van der Waals surface area contributed by atoms with Gasteiger partial charge in [0.05, 0.1) is 5.39 Å². The lowest BCUT2D eigenvalue weighted by atomic mass is 9.96. The molecule has 0 saturated heterocycles. The topological polar surface area (TPSA) is 83.2 Å². The van der Waals surface area contributed by atoms with Gasteiger partial charge >= 0.3 is 0 Å². The van der Waals surface area contributed by atoms with Crippen molar-refractivity contribution in [2.24, 2.45) is 0 Å². The molecule has 0 bridgehead atoms. The van der Waals surface area contributed by atoms with E-state index in [-0.39, 0.29) is 6.79 Å². The molecule has 0 unspecified atom stereocenters. The molecule has 1 aliphatic carbocycles. The summed E-state index contributed by atoms with van der Waals surface area (Å²) in [5, 5.41) is 0.826. The summed E-state index contributed by atoms with van der Waals surface area (Å²) in [5.41, 5.74) is 11.3. The SMILES string of the molecule is Nc1ncnc2nc3c(c(-c4ccc5c(c4)OCO5)c12)CCC3. The van der Waals surface area contributed by atoms with Gasteiger partial charge in [-0.25, -0.2) is 15.0 Å². The summed E-state index contributed by atoms with van der Waals surface area (Å²) in [6, 6.07) is 5.97. The molecule has 0 spiro atoms. The number of ether oxygens (including phenoxy) is 2. The fraction of sp³-hybridized carbons (Fsp3) is 0.235. The second kappa shape index (κ2) is 4.55. The van der Waals surface area contributed by atoms with E-state index in [1.165, 1.54) is 11.9 Å². The molecule has 3 aromatic rings. The first kappa shape index (κ1) is 12.6. The number of nitrogen functional groups attached to an aromatic ring is 1. The van der Waals surface area contributed by atoms with Gasteiger partial charge in [-0.1, -0.05) is 6.07 Å². The van der Waals surface area contributed by atoms with E-state index in [1.807, 2.05) is 18.2 Å². The zero-order valence-electron chi connectivity index (χ0n) is 12.4. The number of aromatic nitrogens is 3. The number of aryl methyl sites for hydroxylation is 1. The van der Waals surface area contributed by atoms with Gasteiger partial charge in [0.2, 0.25) is 6.79 Å². The van der Waals surface area contributed by atoms with Gasteiger partial charge in [-0.15, -0.1) is 0 Å². The van der Waals surface area contributed by atoms with Crippen molar-refractivity contribution in [2.75, 3.05) is 12.5 Å². The Morgan fingerprint density at radius 2 is 1.96 bits per heavy atom. The first-order chi connectivity index (χ1) is 11.3. The predicted octanol–water partition coefficient (Wildman–Crippen LogP) is 2.49. The van der Waals surface area contributed by atoms with Crippen LogP contribution in [0.25, 0.3) is 22.2 Å². The van der Waals surface area contributed by atoms with Crippen molar-refractivity contribution in [1.29, 1.82) is 0 Å². The van der Waals surface area contributed by atoms with Gasteiger partial charge < -0.3 is 15.2 Å². The molecular weight excluding hydrogens is 292 g/mol. The Morgan fingerprint density at radius 3 is 2.91 bits per heavy atom. The highest BCUT2D eigenvalue weighted by molar-refractivity contribution is 6.01. The van der Waals surface area contributed by atoms with Crippen molar-refractivity contribution in [3.8, 4) is 22.6 Å². The number of pyridine rings is 1. The number of anilines is 1. The van der Waals surface area contributed by atoms with Crippen molar-refractivity contribution in [3.63, 3.8) is 0 Å². The molecular formula is C17H14N4O2. The number of fused-ring (bicyclic) bond motifs is 3. The Morgan fingerprint density at radius 1 is 1.04 bits per heavy atom. The van der Waals surface area contributed by atoms with E-state index in [9.17, 15) is 0 Å². The van der Waals surface area contributed by atoms with Crippen LogP contribution < -0.4 is 15.2 Å². The lowest BCUT2D eigenvalue weighted by Gasteiger charge is -2.13. The predicted molar refractivity (Wildman–Crippen MR) is 85.3 cm³/mol. The molecule has 2 aliphatic rings. The largest absolute Gasteiger partial charge is 0.454 e. The molecule has 5 rings (SSSR count). The van der Waals surface area contributed by atoms with Crippen molar-refractivity contribution in [3.05, 3.63) is 35.8 Å². The van der Waals surface area contributed by atoms with Crippen molar-refractivity contribution in [1.82, 2.24) is 15.0 Å². The third-order valence-electron chi connectivity index (χ3n) is 4.50. The Kier molecular flexibility index (Phi) is 2.50. The summed E-state index contributed by atoms with van der Waals surface area (Å²) < 4.78 is 10.9. The fourth-order valence-electron chi connectivity index (χ4n) is 3.48. The van der Waals surface area contributed by atoms with E-state index in [0.717, 1.165) is 53.0 Å². The molecule has 2 N–H and O–H groups in total. The minimum Gasteiger partial charge on any atom is -0.454 e. The number of nitrogens with zero attached hydrogens (tertiary/aromatic N) is 3. The molecule has 0 fully saturated rings. The lowest BCUT2D eigenvalue weighted by Crippen LogP contribution is -2.01. The molecule has 1 aliphatic heterocycles. The second-order valence-electron chi connectivity index (χ2n) is 5.79. The van der Waals surface area contributed by atoms with E-state index in [0.29, 0.717) is 11.5 Å². The maximum Gasteiger partial charge on any atom is 0.231 e. The third kappa shape index (κ3) is 1.78. The average Bonchev–Trinajstić information content (AvgIpc) is 3.21. The van der Waals surface area contributed by atoms with Crippen molar-refractivity contribution in [2.45, 2.75) is 19.3 Å². The normalized spacial score (nSPS) is 15.1. The first-order valence-corrected chi connectivity index (χ1v) is 7.63. The van der Waals surface area contributed by atoms with Gasteiger partial charge in [0, 0.05) is 11.3 Å². The molecule has 6 heteroatoms. The zero-order valence-corrected chi connectivity index (χ0v) is 12.4. The molecule has 0 amide bonds. The lowest BCUT2D eigenvalue weighted by molar-refractivity contribution is 0.174. The summed E-state index contributed by atoms with van der Waals surface area (Å²) in [5.74, 6) is 1.99. The number of benzene rings is 1. The number of hydrogen-bond donors (Lipinski definition) is 1. The number of rotatable bonds is 1. The van der Waals surface area contributed by atoms with Crippen LogP contribution in [0.1, 0.15) is 17.7 Å². The Bertz CT molecular complexity index is 955. The maximum atomic E-state index is 6.15. The number of nitrogens with two attached hydrogens (primary N) is 1. The zero-order chi connectivity index (χ0) is 15.4. The minimum absolute atomic E-state index is 0.263. The van der Waals surface area contributed by atoms with Crippen LogP contribution in [0.2, 0.25) is 0 Å². The monoisotopic (exact) mass is 306 g/mol. The Hall–Kier alpha value is -2.89. The van der Waals surface area contributed by atoms with Crippen LogP contribution >= 0.6 is 0 Å². The van der Waals surface area contributed by atoms with Crippen molar-refractivity contribution >= 4 is 16.9 Å². The first-order valence-electron chi connectivity index (χ1n) is 7.63. The smallest absolute Gasteiger partial charge is 0.231 e.